The Labute approximate surface area is 66.1 Å². The van der Waals surface area contributed by atoms with E-state index in [1.807, 2.05) is 6.92 Å². The maximum absolute atomic E-state index is 9.72. The third-order valence-electron chi connectivity index (χ3n) is 1.11. The number of ether oxygens (including phenoxy) is 2. The highest BCUT2D eigenvalue weighted by atomic mass is 16.7. The zero-order chi connectivity index (χ0) is 8.53. The standard InChI is InChI=1S/C7H13O4/c1-2-10-5-3-4-6-11-7(8)9/h2-6H2,1H3. The van der Waals surface area contributed by atoms with Gasteiger partial charge in [0.15, 0.2) is 0 Å². The molecule has 0 saturated heterocycles. The van der Waals surface area contributed by atoms with E-state index in [0.29, 0.717) is 19.6 Å². The molecule has 1 radical (unpaired) electrons. The number of carbonyl (C=O) groups is 1. The first-order valence-corrected chi connectivity index (χ1v) is 3.69. The van der Waals surface area contributed by atoms with Gasteiger partial charge in [0.2, 0.25) is 0 Å². The Morgan fingerprint density at radius 3 is 2.45 bits per heavy atom. The quantitative estimate of drug-likeness (QED) is 0.436. The van der Waals surface area contributed by atoms with Gasteiger partial charge >= 0.3 is 6.16 Å². The highest BCUT2D eigenvalue weighted by Gasteiger charge is 1.97. The van der Waals surface area contributed by atoms with Crippen LogP contribution in [0.25, 0.3) is 0 Å². The van der Waals surface area contributed by atoms with Gasteiger partial charge in [0, 0.05) is 13.2 Å². The van der Waals surface area contributed by atoms with E-state index < -0.39 is 6.16 Å². The van der Waals surface area contributed by atoms with Crippen molar-refractivity contribution in [2.45, 2.75) is 19.8 Å². The second-order valence-corrected chi connectivity index (χ2v) is 2.00. The molecular formula is C7H13O4. The molecule has 4 nitrogen and oxygen atoms in total. The number of rotatable bonds is 6. The average molecular weight is 161 g/mol. The third kappa shape index (κ3) is 9.23. The molecule has 0 aromatic carbocycles. The summed E-state index contributed by atoms with van der Waals surface area (Å²) in [5, 5.41) is 9.72. The zero-order valence-electron chi connectivity index (χ0n) is 6.67. The Bertz CT molecular complexity index is 103. The lowest BCUT2D eigenvalue weighted by Gasteiger charge is -1.99. The van der Waals surface area contributed by atoms with Crippen LogP contribution in [0.2, 0.25) is 0 Å². The Kier molecular flexibility index (Phi) is 6.82. The molecule has 0 saturated carbocycles. The normalized spacial score (nSPS) is 9.55. The van der Waals surface area contributed by atoms with Crippen molar-refractivity contribution < 1.29 is 19.4 Å². The molecule has 0 fully saturated rings. The molecule has 0 atom stereocenters. The van der Waals surface area contributed by atoms with Gasteiger partial charge in [0.05, 0.1) is 6.61 Å². The molecule has 0 aliphatic heterocycles. The molecule has 0 bridgehead atoms. The van der Waals surface area contributed by atoms with Crippen molar-refractivity contribution in [1.82, 2.24) is 0 Å². The molecule has 0 heterocycles. The van der Waals surface area contributed by atoms with E-state index in [0.717, 1.165) is 6.42 Å². The van der Waals surface area contributed by atoms with Crippen molar-refractivity contribution in [2.75, 3.05) is 19.8 Å². The summed E-state index contributed by atoms with van der Waals surface area (Å²) in [6.45, 7) is 3.47. The Balaban J connectivity index is 2.85. The van der Waals surface area contributed by atoms with Crippen LogP contribution in [0.5, 0.6) is 0 Å². The molecular weight excluding hydrogens is 148 g/mol. The molecule has 0 N–H and O–H groups in total. The lowest BCUT2D eigenvalue weighted by molar-refractivity contribution is 0.0631. The van der Waals surface area contributed by atoms with E-state index in [1.54, 1.807) is 0 Å². The fraction of sp³-hybridized carbons (Fsp3) is 0.857. The van der Waals surface area contributed by atoms with Crippen LogP contribution in [-0.4, -0.2) is 26.0 Å². The molecule has 11 heavy (non-hydrogen) atoms. The topological polar surface area (TPSA) is 55.4 Å². The largest absolute Gasteiger partial charge is 0.549 e. The second kappa shape index (κ2) is 7.34. The molecule has 0 amide bonds. The molecule has 0 spiro atoms. The van der Waals surface area contributed by atoms with Crippen LogP contribution in [0.3, 0.4) is 0 Å². The van der Waals surface area contributed by atoms with E-state index in [4.69, 9.17) is 4.74 Å². The van der Waals surface area contributed by atoms with E-state index >= 15 is 0 Å². The van der Waals surface area contributed by atoms with E-state index in [-0.39, 0.29) is 6.61 Å². The van der Waals surface area contributed by atoms with Gasteiger partial charge in [-0.3, -0.25) is 0 Å². The molecule has 0 aromatic rings. The first-order chi connectivity index (χ1) is 5.27. The van der Waals surface area contributed by atoms with Crippen LogP contribution in [0.15, 0.2) is 0 Å². The van der Waals surface area contributed by atoms with Crippen molar-refractivity contribution >= 4 is 6.16 Å². The van der Waals surface area contributed by atoms with Gasteiger partial charge in [-0.05, 0) is 19.8 Å². The number of hydrogen-bond acceptors (Lipinski definition) is 3. The molecule has 0 unspecified atom stereocenters. The van der Waals surface area contributed by atoms with Crippen molar-refractivity contribution in [3.63, 3.8) is 0 Å². The number of carbonyl (C=O) groups excluding carboxylic acids is 1. The summed E-state index contributed by atoms with van der Waals surface area (Å²) in [5.74, 6) is 0. The van der Waals surface area contributed by atoms with Crippen molar-refractivity contribution in [1.29, 1.82) is 0 Å². The third-order valence-corrected chi connectivity index (χ3v) is 1.11. The van der Waals surface area contributed by atoms with Crippen molar-refractivity contribution in [3.8, 4) is 0 Å². The fourth-order valence-corrected chi connectivity index (χ4v) is 0.606. The minimum atomic E-state index is -1.46. The summed E-state index contributed by atoms with van der Waals surface area (Å²) in [6, 6.07) is 0. The monoisotopic (exact) mass is 161 g/mol. The smallest absolute Gasteiger partial charge is 0.432 e. The van der Waals surface area contributed by atoms with E-state index in [9.17, 15) is 9.90 Å². The van der Waals surface area contributed by atoms with E-state index in [2.05, 4.69) is 4.74 Å². The highest BCUT2D eigenvalue weighted by Crippen LogP contribution is 1.91. The maximum atomic E-state index is 9.72. The fourth-order valence-electron chi connectivity index (χ4n) is 0.606. The van der Waals surface area contributed by atoms with Crippen LogP contribution < -0.4 is 0 Å². The predicted molar refractivity (Wildman–Crippen MR) is 37.8 cm³/mol. The average Bonchev–Trinajstić information content (AvgIpc) is 1.96. The Morgan fingerprint density at radius 1 is 1.27 bits per heavy atom. The Morgan fingerprint density at radius 2 is 1.91 bits per heavy atom. The van der Waals surface area contributed by atoms with Gasteiger partial charge in [-0.25, -0.2) is 0 Å². The maximum Gasteiger partial charge on any atom is 0.549 e. The zero-order valence-corrected chi connectivity index (χ0v) is 6.67. The summed E-state index contributed by atoms with van der Waals surface area (Å²) < 4.78 is 9.19. The molecule has 0 aliphatic rings. The first-order valence-electron chi connectivity index (χ1n) is 3.69. The lowest BCUT2D eigenvalue weighted by atomic mass is 10.3. The minimum Gasteiger partial charge on any atom is -0.432 e. The van der Waals surface area contributed by atoms with Crippen LogP contribution >= 0.6 is 0 Å². The Hall–Kier alpha value is -0.770. The van der Waals surface area contributed by atoms with Crippen molar-refractivity contribution in [2.24, 2.45) is 0 Å². The van der Waals surface area contributed by atoms with E-state index in [1.165, 1.54) is 0 Å². The lowest BCUT2D eigenvalue weighted by Crippen LogP contribution is -2.02. The van der Waals surface area contributed by atoms with Crippen LogP contribution in [0.4, 0.5) is 4.79 Å². The SMILES string of the molecule is CCOCCCCOC([O])=O. The summed E-state index contributed by atoms with van der Waals surface area (Å²) >= 11 is 0. The second-order valence-electron chi connectivity index (χ2n) is 2.00. The highest BCUT2D eigenvalue weighted by molar-refractivity contribution is 5.56. The minimum absolute atomic E-state index is 0.204. The van der Waals surface area contributed by atoms with Gasteiger partial charge in [-0.1, -0.05) is 0 Å². The molecule has 65 valence electrons. The summed E-state index contributed by atoms with van der Waals surface area (Å²) in [6.07, 6.45) is 0.0520. The van der Waals surface area contributed by atoms with Crippen LogP contribution in [-0.2, 0) is 14.6 Å². The first kappa shape index (κ1) is 10.2. The van der Waals surface area contributed by atoms with Gasteiger partial charge in [0.25, 0.3) is 0 Å². The predicted octanol–water partition coefficient (Wildman–Crippen LogP) is 1.37. The van der Waals surface area contributed by atoms with Crippen LogP contribution in [0, 0.1) is 0 Å². The van der Waals surface area contributed by atoms with Gasteiger partial charge in [-0.15, -0.1) is 0 Å². The molecule has 0 aromatic heterocycles. The van der Waals surface area contributed by atoms with Gasteiger partial charge in [-0.2, -0.15) is 9.90 Å². The molecule has 0 rings (SSSR count). The van der Waals surface area contributed by atoms with Gasteiger partial charge in [0.1, 0.15) is 0 Å². The number of hydrogen-bond donors (Lipinski definition) is 0. The molecule has 0 aliphatic carbocycles. The van der Waals surface area contributed by atoms with Crippen molar-refractivity contribution in [3.05, 3.63) is 0 Å². The summed E-state index contributed by atoms with van der Waals surface area (Å²) in [5.41, 5.74) is 0. The summed E-state index contributed by atoms with van der Waals surface area (Å²) in [7, 11) is 0. The molecule has 4 heteroatoms. The van der Waals surface area contributed by atoms with Crippen LogP contribution in [0.1, 0.15) is 19.8 Å². The number of unbranched alkanes of at least 4 members (excludes halogenated alkanes) is 1. The summed E-state index contributed by atoms with van der Waals surface area (Å²) in [4.78, 5) is 9.72. The van der Waals surface area contributed by atoms with Gasteiger partial charge < -0.3 is 9.47 Å².